The van der Waals surface area contributed by atoms with E-state index in [0.717, 1.165) is 35.7 Å². The van der Waals surface area contributed by atoms with Crippen LogP contribution in [0, 0.1) is 0 Å². The highest BCUT2D eigenvalue weighted by atomic mass is 16.6. The number of morpholine rings is 1. The van der Waals surface area contributed by atoms with Crippen LogP contribution in [0.2, 0.25) is 0 Å². The molecule has 6 heteroatoms. The van der Waals surface area contributed by atoms with E-state index < -0.39 is 6.10 Å². The molecular weight excluding hydrogens is 354 g/mol. The van der Waals surface area contributed by atoms with Crippen LogP contribution in [0.25, 0.3) is 0 Å². The minimum absolute atomic E-state index is 0.146. The maximum atomic E-state index is 12.8. The molecule has 2 aliphatic rings. The van der Waals surface area contributed by atoms with Crippen molar-refractivity contribution in [2.24, 2.45) is 5.16 Å². The summed E-state index contributed by atoms with van der Waals surface area (Å²) in [4.78, 5) is 20.5. The van der Waals surface area contributed by atoms with Gasteiger partial charge in [-0.05, 0) is 31.5 Å². The van der Waals surface area contributed by atoms with Gasteiger partial charge in [0.2, 0.25) is 6.10 Å². The van der Waals surface area contributed by atoms with E-state index in [9.17, 15) is 4.79 Å². The molecule has 2 aromatic rings. The number of para-hydroxylation sites is 2. The van der Waals surface area contributed by atoms with Gasteiger partial charge in [0, 0.05) is 19.5 Å². The summed E-state index contributed by atoms with van der Waals surface area (Å²) in [6, 6.07) is 17.7. The number of carbonyl (C=O) groups is 1. The lowest BCUT2D eigenvalue weighted by atomic mass is 10.0. The molecule has 0 bridgehead atoms. The van der Waals surface area contributed by atoms with Gasteiger partial charge >= 0.3 is 0 Å². The number of ether oxygens (including phenoxy) is 1. The highest BCUT2D eigenvalue weighted by Gasteiger charge is 2.30. The van der Waals surface area contributed by atoms with E-state index in [-0.39, 0.29) is 18.1 Å². The van der Waals surface area contributed by atoms with Crippen LogP contribution in [-0.2, 0) is 14.4 Å². The van der Waals surface area contributed by atoms with E-state index in [0.29, 0.717) is 6.42 Å². The number of nitrogens with zero attached hydrogens (tertiary/aromatic N) is 2. The average Bonchev–Trinajstić information content (AvgIpc) is 3.19. The molecule has 1 saturated heterocycles. The number of benzene rings is 2. The zero-order chi connectivity index (χ0) is 19.5. The zero-order valence-corrected chi connectivity index (χ0v) is 16.2. The Balaban J connectivity index is 1.45. The van der Waals surface area contributed by atoms with Gasteiger partial charge in [0.25, 0.3) is 5.91 Å². The predicted molar refractivity (Wildman–Crippen MR) is 110 cm³/mol. The number of anilines is 2. The molecule has 0 radical (unpaired) electrons. The van der Waals surface area contributed by atoms with E-state index in [1.54, 1.807) is 0 Å². The molecule has 146 valence electrons. The summed E-state index contributed by atoms with van der Waals surface area (Å²) in [6.45, 7) is 5.72. The third-order valence-electron chi connectivity index (χ3n) is 4.99. The second-order valence-electron chi connectivity index (χ2n) is 7.37. The average molecular weight is 379 g/mol. The summed E-state index contributed by atoms with van der Waals surface area (Å²) in [5, 5.41) is 7.14. The number of nitrogens with one attached hydrogen (secondary N) is 1. The molecule has 4 rings (SSSR count). The van der Waals surface area contributed by atoms with Crippen LogP contribution < -0.4 is 10.2 Å². The number of oxime groups is 1. The summed E-state index contributed by atoms with van der Waals surface area (Å²) in [5.74, 6) is -0.184. The van der Waals surface area contributed by atoms with Crippen molar-refractivity contribution < 1.29 is 14.4 Å². The fourth-order valence-electron chi connectivity index (χ4n) is 3.76. The van der Waals surface area contributed by atoms with Crippen molar-refractivity contribution in [1.29, 1.82) is 0 Å². The van der Waals surface area contributed by atoms with Gasteiger partial charge in [0.05, 0.1) is 29.3 Å². The highest BCUT2D eigenvalue weighted by molar-refractivity contribution is 6.06. The van der Waals surface area contributed by atoms with Gasteiger partial charge in [-0.1, -0.05) is 47.6 Å². The number of rotatable bonds is 4. The van der Waals surface area contributed by atoms with Crippen molar-refractivity contribution in [2.45, 2.75) is 38.6 Å². The molecule has 6 nitrogen and oxygen atoms in total. The molecular formula is C22H25N3O3. The van der Waals surface area contributed by atoms with E-state index >= 15 is 0 Å². The van der Waals surface area contributed by atoms with Crippen molar-refractivity contribution in [3.8, 4) is 0 Å². The van der Waals surface area contributed by atoms with Crippen LogP contribution in [0.4, 0.5) is 11.4 Å². The summed E-state index contributed by atoms with van der Waals surface area (Å²) in [5.41, 5.74) is 3.56. The smallest absolute Gasteiger partial charge is 0.268 e. The molecule has 0 saturated carbocycles. The molecule has 3 atom stereocenters. The standard InChI is InChI=1S/C22H25N3O3/c1-15-13-25(14-16(2)27-15)20-11-7-6-10-18(20)23-22(26)21-12-19(24-28-21)17-8-4-3-5-9-17/h3-11,15-16,21H,12-14H2,1-2H3,(H,23,26). The Hall–Kier alpha value is -2.86. The Morgan fingerprint density at radius 3 is 2.46 bits per heavy atom. The molecule has 28 heavy (non-hydrogen) atoms. The van der Waals surface area contributed by atoms with E-state index in [4.69, 9.17) is 9.57 Å². The van der Waals surface area contributed by atoms with E-state index in [1.807, 2.05) is 54.6 Å². The minimum Gasteiger partial charge on any atom is -0.382 e. The normalized spacial score (nSPS) is 24.4. The second kappa shape index (κ2) is 8.02. The number of hydrogen-bond acceptors (Lipinski definition) is 5. The lowest BCUT2D eigenvalue weighted by molar-refractivity contribution is -0.125. The fourth-order valence-corrected chi connectivity index (χ4v) is 3.76. The first-order valence-electron chi connectivity index (χ1n) is 9.68. The van der Waals surface area contributed by atoms with Gasteiger partial charge in [-0.3, -0.25) is 4.79 Å². The lowest BCUT2D eigenvalue weighted by Crippen LogP contribution is -2.45. The van der Waals surface area contributed by atoms with E-state index in [2.05, 4.69) is 29.2 Å². The maximum absolute atomic E-state index is 12.8. The Morgan fingerprint density at radius 1 is 1.04 bits per heavy atom. The van der Waals surface area contributed by atoms with Gasteiger partial charge in [-0.15, -0.1) is 0 Å². The summed E-state index contributed by atoms with van der Waals surface area (Å²) < 4.78 is 5.83. The Bertz CT molecular complexity index is 858. The number of carbonyl (C=O) groups excluding carboxylic acids is 1. The van der Waals surface area contributed by atoms with Crippen molar-refractivity contribution in [1.82, 2.24) is 0 Å². The fraction of sp³-hybridized carbons (Fsp3) is 0.364. The van der Waals surface area contributed by atoms with Gasteiger partial charge < -0.3 is 19.8 Å². The van der Waals surface area contributed by atoms with Crippen molar-refractivity contribution in [3.05, 3.63) is 60.2 Å². The van der Waals surface area contributed by atoms with Crippen LogP contribution >= 0.6 is 0 Å². The van der Waals surface area contributed by atoms with Crippen LogP contribution in [0.5, 0.6) is 0 Å². The highest BCUT2D eigenvalue weighted by Crippen LogP contribution is 2.29. The van der Waals surface area contributed by atoms with Gasteiger partial charge in [0.1, 0.15) is 0 Å². The maximum Gasteiger partial charge on any atom is 0.268 e. The Kier molecular flexibility index (Phi) is 5.30. The molecule has 0 spiro atoms. The van der Waals surface area contributed by atoms with Crippen LogP contribution in [0.15, 0.2) is 59.8 Å². The van der Waals surface area contributed by atoms with Crippen LogP contribution in [-0.4, -0.2) is 43.0 Å². The first kappa shape index (κ1) is 18.5. The minimum atomic E-state index is -0.620. The predicted octanol–water partition coefficient (Wildman–Crippen LogP) is 3.43. The molecule has 2 heterocycles. The Morgan fingerprint density at radius 2 is 1.71 bits per heavy atom. The molecule has 1 amide bonds. The summed E-state index contributed by atoms with van der Waals surface area (Å²) in [7, 11) is 0. The molecule has 1 N–H and O–H groups in total. The molecule has 3 unspecified atom stereocenters. The second-order valence-corrected chi connectivity index (χ2v) is 7.37. The zero-order valence-electron chi connectivity index (χ0n) is 16.2. The monoisotopic (exact) mass is 379 g/mol. The quantitative estimate of drug-likeness (QED) is 0.884. The molecule has 2 aliphatic heterocycles. The lowest BCUT2D eigenvalue weighted by Gasteiger charge is -2.37. The topological polar surface area (TPSA) is 63.2 Å². The van der Waals surface area contributed by atoms with Gasteiger partial charge in [-0.25, -0.2) is 0 Å². The SMILES string of the molecule is CC1CN(c2ccccc2NC(=O)C2CC(c3ccccc3)=NO2)CC(C)O1. The van der Waals surface area contributed by atoms with Crippen LogP contribution in [0.1, 0.15) is 25.8 Å². The Labute approximate surface area is 165 Å². The number of hydrogen-bond donors (Lipinski definition) is 1. The summed E-state index contributed by atoms with van der Waals surface area (Å²) >= 11 is 0. The molecule has 0 aliphatic carbocycles. The van der Waals surface area contributed by atoms with Gasteiger partial charge in [-0.2, -0.15) is 0 Å². The molecule has 0 aromatic heterocycles. The van der Waals surface area contributed by atoms with Crippen molar-refractivity contribution in [3.63, 3.8) is 0 Å². The first-order chi connectivity index (χ1) is 13.6. The molecule has 2 aromatic carbocycles. The third-order valence-corrected chi connectivity index (χ3v) is 4.99. The third kappa shape index (κ3) is 4.02. The van der Waals surface area contributed by atoms with Crippen molar-refractivity contribution in [2.75, 3.05) is 23.3 Å². The molecule has 1 fully saturated rings. The van der Waals surface area contributed by atoms with Gasteiger partial charge in [0.15, 0.2) is 0 Å². The first-order valence-corrected chi connectivity index (χ1v) is 9.68. The van der Waals surface area contributed by atoms with Crippen LogP contribution in [0.3, 0.4) is 0 Å². The number of amides is 1. The largest absolute Gasteiger partial charge is 0.382 e. The van der Waals surface area contributed by atoms with E-state index in [1.165, 1.54) is 0 Å². The summed E-state index contributed by atoms with van der Waals surface area (Å²) in [6.07, 6.45) is 0.134. The van der Waals surface area contributed by atoms with Crippen molar-refractivity contribution >= 4 is 23.0 Å².